The van der Waals surface area contributed by atoms with Crippen molar-refractivity contribution in [3.63, 3.8) is 0 Å². The number of aryl methyl sites for hydroxylation is 1. The summed E-state index contributed by atoms with van der Waals surface area (Å²) in [5.74, 6) is 0.00523. The lowest BCUT2D eigenvalue weighted by molar-refractivity contribution is 0.0658. The van der Waals surface area contributed by atoms with Crippen molar-refractivity contribution < 1.29 is 19.1 Å². The van der Waals surface area contributed by atoms with Gasteiger partial charge in [0, 0.05) is 55.5 Å². The molecule has 2 heterocycles. The molecule has 0 atom stereocenters. The zero-order valence-electron chi connectivity index (χ0n) is 22.4. The molecule has 196 valence electrons. The Morgan fingerprint density at radius 1 is 1.11 bits per heavy atom. The highest BCUT2D eigenvalue weighted by molar-refractivity contribution is 6.20. The van der Waals surface area contributed by atoms with E-state index in [1.807, 2.05) is 19.9 Å². The lowest BCUT2D eigenvalue weighted by Gasteiger charge is -2.14. The monoisotopic (exact) mass is 511 g/mol. The molecule has 3 aromatic carbocycles. The van der Waals surface area contributed by atoms with Crippen LogP contribution in [0.1, 0.15) is 52.9 Å². The van der Waals surface area contributed by atoms with Crippen LogP contribution in [0.4, 0.5) is 4.79 Å². The fourth-order valence-corrected chi connectivity index (χ4v) is 5.92. The zero-order chi connectivity index (χ0) is 26.6. The molecule has 0 spiro atoms. The minimum Gasteiger partial charge on any atom is -0.449 e. The largest absolute Gasteiger partial charge is 0.449 e. The number of fused-ring (bicyclic) bond motifs is 10. The fraction of sp³-hybridized carbons (Fsp3) is 0.355. The Hall–Kier alpha value is -3.84. The molecular weight excluding hydrogens is 478 g/mol. The van der Waals surface area contributed by atoms with Gasteiger partial charge in [0.2, 0.25) is 0 Å². The number of benzene rings is 3. The van der Waals surface area contributed by atoms with Crippen LogP contribution in [-0.2, 0) is 35.6 Å². The number of amides is 2. The van der Waals surface area contributed by atoms with Gasteiger partial charge in [-0.05, 0) is 60.2 Å². The van der Waals surface area contributed by atoms with Crippen LogP contribution in [0.25, 0.3) is 32.9 Å². The maximum atomic E-state index is 13.2. The highest BCUT2D eigenvalue weighted by atomic mass is 16.6. The second-order valence-electron chi connectivity index (χ2n) is 10.7. The van der Waals surface area contributed by atoms with Gasteiger partial charge in [-0.25, -0.2) is 4.79 Å². The van der Waals surface area contributed by atoms with Crippen LogP contribution in [0.5, 0.6) is 0 Å². The molecule has 0 bridgehead atoms. The Kier molecular flexibility index (Phi) is 6.11. The fourth-order valence-electron chi connectivity index (χ4n) is 5.92. The molecule has 0 fully saturated rings. The van der Waals surface area contributed by atoms with E-state index in [1.165, 1.54) is 21.5 Å². The Bertz CT molecular complexity index is 1600. The van der Waals surface area contributed by atoms with Gasteiger partial charge in [0.1, 0.15) is 0 Å². The van der Waals surface area contributed by atoms with Gasteiger partial charge in [-0.2, -0.15) is 0 Å². The maximum Gasteiger partial charge on any atom is 0.409 e. The van der Waals surface area contributed by atoms with Crippen LogP contribution in [-0.4, -0.2) is 48.3 Å². The van der Waals surface area contributed by atoms with Crippen molar-refractivity contribution in [1.29, 1.82) is 0 Å². The Morgan fingerprint density at radius 2 is 1.92 bits per heavy atom. The van der Waals surface area contributed by atoms with Gasteiger partial charge in [-0.3, -0.25) is 4.79 Å². The molecule has 7 heteroatoms. The van der Waals surface area contributed by atoms with Crippen molar-refractivity contribution in [3.05, 3.63) is 70.3 Å². The van der Waals surface area contributed by atoms with Gasteiger partial charge in [0.05, 0.1) is 30.4 Å². The van der Waals surface area contributed by atoms with Gasteiger partial charge >= 0.3 is 6.09 Å². The van der Waals surface area contributed by atoms with Crippen LogP contribution in [0.15, 0.2) is 42.5 Å². The second-order valence-corrected chi connectivity index (χ2v) is 10.7. The average molecular weight is 512 g/mol. The molecule has 0 saturated heterocycles. The normalized spacial score (nSPS) is 13.7. The van der Waals surface area contributed by atoms with E-state index in [4.69, 9.17) is 9.47 Å². The van der Waals surface area contributed by atoms with Crippen LogP contribution in [0.3, 0.4) is 0 Å². The van der Waals surface area contributed by atoms with Crippen molar-refractivity contribution in [2.75, 3.05) is 20.7 Å². The molecule has 0 unspecified atom stereocenters. The van der Waals surface area contributed by atoms with Crippen LogP contribution in [0, 0.1) is 0 Å². The van der Waals surface area contributed by atoms with Gasteiger partial charge in [0.25, 0.3) is 5.91 Å². The Balaban J connectivity index is 1.55. The van der Waals surface area contributed by atoms with Gasteiger partial charge in [0.15, 0.2) is 0 Å². The van der Waals surface area contributed by atoms with E-state index in [9.17, 15) is 9.59 Å². The zero-order valence-corrected chi connectivity index (χ0v) is 22.4. The number of carbonyl (C=O) groups excluding carboxylic acids is 2. The molecule has 1 aliphatic heterocycles. The molecule has 38 heavy (non-hydrogen) atoms. The van der Waals surface area contributed by atoms with E-state index >= 15 is 0 Å². The average Bonchev–Trinajstić information content (AvgIpc) is 3.56. The highest BCUT2D eigenvalue weighted by Crippen LogP contribution is 2.48. The standard InChI is InChI=1S/C31H33N3O4/c1-18(2)38-17-19-10-11-25-22(14-19)27-24-16-32-30(35)28(24)26-21-9-6-5-8-20(21)15-23(26)29(27)34(25)12-7-13-37-31(36)33(3)4/h5-6,8-11,14,18H,7,12-13,15-17H2,1-4H3,(H,32,35). The highest BCUT2D eigenvalue weighted by Gasteiger charge is 2.35. The third kappa shape index (κ3) is 3.93. The third-order valence-corrected chi connectivity index (χ3v) is 7.58. The maximum absolute atomic E-state index is 13.2. The summed E-state index contributed by atoms with van der Waals surface area (Å²) in [5, 5.41) is 5.40. The summed E-state index contributed by atoms with van der Waals surface area (Å²) >= 11 is 0. The molecule has 1 aliphatic carbocycles. The van der Waals surface area contributed by atoms with Crippen molar-refractivity contribution in [3.8, 4) is 11.1 Å². The number of rotatable bonds is 7. The number of hydrogen-bond acceptors (Lipinski definition) is 4. The number of nitrogens with zero attached hydrogens (tertiary/aromatic N) is 2. The summed E-state index contributed by atoms with van der Waals surface area (Å²) in [4.78, 5) is 26.6. The summed E-state index contributed by atoms with van der Waals surface area (Å²) < 4.78 is 13.7. The molecule has 1 N–H and O–H groups in total. The lowest BCUT2D eigenvalue weighted by atomic mass is 9.92. The van der Waals surface area contributed by atoms with Crippen molar-refractivity contribution >= 4 is 33.8 Å². The van der Waals surface area contributed by atoms with E-state index < -0.39 is 0 Å². The first-order chi connectivity index (χ1) is 18.3. The first kappa shape index (κ1) is 24.5. The van der Waals surface area contributed by atoms with Crippen LogP contribution in [0.2, 0.25) is 0 Å². The number of hydrogen-bond donors (Lipinski definition) is 1. The van der Waals surface area contributed by atoms with Crippen LogP contribution >= 0.6 is 0 Å². The first-order valence-electron chi connectivity index (χ1n) is 13.3. The molecule has 4 aromatic rings. The number of carbonyl (C=O) groups is 2. The number of aromatic nitrogens is 1. The summed E-state index contributed by atoms with van der Waals surface area (Å²) in [7, 11) is 3.37. The van der Waals surface area contributed by atoms with Crippen LogP contribution < -0.4 is 5.32 Å². The molecule has 1 aromatic heterocycles. The van der Waals surface area contributed by atoms with Gasteiger partial charge in [-0.15, -0.1) is 0 Å². The number of nitrogens with one attached hydrogen (secondary N) is 1. The van der Waals surface area contributed by atoms with Crippen molar-refractivity contribution in [2.24, 2.45) is 0 Å². The molecule has 0 radical (unpaired) electrons. The summed E-state index contributed by atoms with van der Waals surface area (Å²) in [5.41, 5.74) is 9.99. The van der Waals surface area contributed by atoms with Crippen molar-refractivity contribution in [1.82, 2.24) is 14.8 Å². The molecule has 0 saturated carbocycles. The lowest BCUT2D eigenvalue weighted by Crippen LogP contribution is -2.23. The Morgan fingerprint density at radius 3 is 2.71 bits per heavy atom. The Labute approximate surface area is 222 Å². The van der Waals surface area contributed by atoms with E-state index in [-0.39, 0.29) is 18.1 Å². The molecule has 7 nitrogen and oxygen atoms in total. The van der Waals surface area contributed by atoms with Gasteiger partial charge in [-0.1, -0.05) is 30.3 Å². The summed E-state index contributed by atoms with van der Waals surface area (Å²) in [6.07, 6.45) is 1.29. The number of ether oxygens (including phenoxy) is 2. The topological polar surface area (TPSA) is 72.8 Å². The predicted molar refractivity (Wildman–Crippen MR) is 148 cm³/mol. The SMILES string of the molecule is CC(C)OCc1ccc2c(c1)c1c3c(c4c(c1n2CCCOC(=O)N(C)C)Cc1ccccc1-4)C(=O)NC3. The second kappa shape index (κ2) is 9.48. The van der Waals surface area contributed by atoms with E-state index in [0.29, 0.717) is 32.7 Å². The quantitative estimate of drug-likeness (QED) is 0.288. The minimum absolute atomic E-state index is 0.00523. The van der Waals surface area contributed by atoms with Crippen molar-refractivity contribution in [2.45, 2.75) is 52.5 Å². The molecule has 2 aliphatic rings. The molecule has 2 amide bonds. The predicted octanol–water partition coefficient (Wildman–Crippen LogP) is 5.62. The van der Waals surface area contributed by atoms with E-state index in [2.05, 4.69) is 46.3 Å². The van der Waals surface area contributed by atoms with Gasteiger partial charge < -0.3 is 24.3 Å². The smallest absolute Gasteiger partial charge is 0.409 e. The minimum atomic E-state index is -0.333. The van der Waals surface area contributed by atoms with E-state index in [1.54, 1.807) is 14.1 Å². The summed E-state index contributed by atoms with van der Waals surface area (Å²) in [6, 6.07) is 14.9. The molecular formula is C31H33N3O4. The van der Waals surface area contributed by atoms with E-state index in [0.717, 1.165) is 50.5 Å². The summed E-state index contributed by atoms with van der Waals surface area (Å²) in [6.45, 7) is 6.18. The first-order valence-corrected chi connectivity index (χ1v) is 13.3. The molecule has 6 rings (SSSR count). The third-order valence-electron chi connectivity index (χ3n) is 7.58.